The maximum absolute atomic E-state index is 12.7. The highest BCUT2D eigenvalue weighted by molar-refractivity contribution is 5.76. The smallest absolute Gasteiger partial charge is 0.380 e. The van der Waals surface area contributed by atoms with E-state index in [4.69, 9.17) is 10.5 Å². The summed E-state index contributed by atoms with van der Waals surface area (Å²) in [5.74, 6) is -1.12. The summed E-state index contributed by atoms with van der Waals surface area (Å²) in [6, 6.07) is 0. The van der Waals surface area contributed by atoms with Crippen LogP contribution in [0.1, 0.15) is 18.1 Å². The highest BCUT2D eigenvalue weighted by Crippen LogP contribution is 2.29. The molecule has 2 N–H and O–H groups in total. The molecule has 0 spiro atoms. The molecule has 0 bridgehead atoms. The van der Waals surface area contributed by atoms with Crippen molar-refractivity contribution in [3.63, 3.8) is 0 Å². The number of fused-ring (bicyclic) bond motifs is 1. The first kappa shape index (κ1) is 15.7. The van der Waals surface area contributed by atoms with Crippen LogP contribution in [-0.2, 0) is 28.8 Å². The minimum Gasteiger partial charge on any atom is -0.380 e. The number of carbonyl (C=O) groups excluding carboxylic acids is 1. The Kier molecular flexibility index (Phi) is 4.47. The van der Waals surface area contributed by atoms with Crippen LogP contribution in [0.25, 0.3) is 0 Å². The summed E-state index contributed by atoms with van der Waals surface area (Å²) in [7, 11) is 1.45. The minimum absolute atomic E-state index is 0.00290. The molecule has 1 unspecified atom stereocenters. The van der Waals surface area contributed by atoms with Crippen LogP contribution in [0.15, 0.2) is 0 Å². The van der Waals surface area contributed by atoms with Crippen molar-refractivity contribution in [1.29, 1.82) is 0 Å². The van der Waals surface area contributed by atoms with E-state index in [9.17, 15) is 18.0 Å². The Morgan fingerprint density at radius 1 is 1.43 bits per heavy atom. The fraction of sp³-hybridized carbons (Fsp3) is 0.727. The average molecular weight is 307 g/mol. The molecule has 1 aromatic rings. The van der Waals surface area contributed by atoms with E-state index in [2.05, 4.69) is 10.2 Å². The second-order valence-corrected chi connectivity index (χ2v) is 4.70. The molecule has 1 amide bonds. The molecular weight excluding hydrogens is 291 g/mol. The van der Waals surface area contributed by atoms with Gasteiger partial charge in [-0.15, -0.1) is 10.2 Å². The van der Waals surface area contributed by atoms with E-state index in [0.29, 0.717) is 0 Å². The zero-order valence-electron chi connectivity index (χ0n) is 11.4. The Morgan fingerprint density at radius 3 is 2.71 bits per heavy atom. The first-order valence-electron chi connectivity index (χ1n) is 6.36. The number of halogens is 3. The fourth-order valence-electron chi connectivity index (χ4n) is 2.17. The SMILES string of the molecule is COC(CN)CC(=O)N1CCn2c(nnc2C(F)(F)F)C1. The molecule has 0 saturated heterocycles. The third kappa shape index (κ3) is 3.32. The molecule has 1 aliphatic rings. The van der Waals surface area contributed by atoms with Crippen molar-refractivity contribution in [3.8, 4) is 0 Å². The van der Waals surface area contributed by atoms with Gasteiger partial charge in [-0.3, -0.25) is 4.79 Å². The highest BCUT2D eigenvalue weighted by Gasteiger charge is 2.39. The van der Waals surface area contributed by atoms with Gasteiger partial charge in [-0.25, -0.2) is 0 Å². The third-order valence-corrected chi connectivity index (χ3v) is 3.36. The van der Waals surface area contributed by atoms with Gasteiger partial charge in [0.15, 0.2) is 5.82 Å². The van der Waals surface area contributed by atoms with E-state index in [1.807, 2.05) is 0 Å². The van der Waals surface area contributed by atoms with Gasteiger partial charge in [0.2, 0.25) is 11.7 Å². The number of hydrogen-bond acceptors (Lipinski definition) is 5. The van der Waals surface area contributed by atoms with Crippen LogP contribution in [0.5, 0.6) is 0 Å². The Hall–Kier alpha value is -1.68. The molecule has 0 radical (unpaired) electrons. The number of hydrogen-bond donors (Lipinski definition) is 1. The lowest BCUT2D eigenvalue weighted by molar-refractivity contribution is -0.148. The lowest BCUT2D eigenvalue weighted by Gasteiger charge is -2.29. The second kappa shape index (κ2) is 5.98. The largest absolute Gasteiger partial charge is 0.451 e. The Bertz CT molecular complexity index is 512. The molecule has 1 aliphatic heterocycles. The summed E-state index contributed by atoms with van der Waals surface area (Å²) in [6.07, 6.45) is -4.85. The number of alkyl halides is 3. The van der Waals surface area contributed by atoms with Gasteiger partial charge >= 0.3 is 6.18 Å². The molecule has 0 fully saturated rings. The van der Waals surface area contributed by atoms with Gasteiger partial charge in [-0.05, 0) is 0 Å². The number of amides is 1. The first-order valence-corrected chi connectivity index (χ1v) is 6.36. The molecule has 7 nitrogen and oxygen atoms in total. The molecule has 118 valence electrons. The third-order valence-electron chi connectivity index (χ3n) is 3.36. The molecule has 10 heteroatoms. The molecule has 0 aliphatic carbocycles. The predicted octanol–water partition coefficient (Wildman–Crippen LogP) is 0.00290. The average Bonchev–Trinajstić information content (AvgIpc) is 2.87. The predicted molar refractivity (Wildman–Crippen MR) is 64.9 cm³/mol. The fourth-order valence-corrected chi connectivity index (χ4v) is 2.17. The van der Waals surface area contributed by atoms with Crippen LogP contribution in [-0.4, -0.2) is 51.9 Å². The Morgan fingerprint density at radius 2 is 2.14 bits per heavy atom. The number of carbonyl (C=O) groups is 1. The molecule has 21 heavy (non-hydrogen) atoms. The van der Waals surface area contributed by atoms with Crippen LogP contribution in [0.2, 0.25) is 0 Å². The van der Waals surface area contributed by atoms with Crippen molar-refractivity contribution in [2.24, 2.45) is 5.73 Å². The normalized spacial score (nSPS) is 16.7. The Labute approximate surface area is 118 Å². The van der Waals surface area contributed by atoms with Gasteiger partial charge in [0.1, 0.15) is 0 Å². The number of nitrogens with zero attached hydrogens (tertiary/aromatic N) is 4. The second-order valence-electron chi connectivity index (χ2n) is 4.70. The monoisotopic (exact) mass is 307 g/mol. The van der Waals surface area contributed by atoms with Gasteiger partial charge in [-0.2, -0.15) is 13.2 Å². The quantitative estimate of drug-likeness (QED) is 0.846. The number of ether oxygens (including phenoxy) is 1. The molecule has 2 heterocycles. The number of rotatable bonds is 4. The zero-order chi connectivity index (χ0) is 15.6. The Balaban J connectivity index is 2.07. The van der Waals surface area contributed by atoms with Crippen molar-refractivity contribution in [3.05, 3.63) is 11.6 Å². The summed E-state index contributed by atoms with van der Waals surface area (Å²) in [4.78, 5) is 13.5. The zero-order valence-corrected chi connectivity index (χ0v) is 11.4. The van der Waals surface area contributed by atoms with Crippen molar-refractivity contribution in [2.45, 2.75) is 31.8 Å². The lowest BCUT2D eigenvalue weighted by Crippen LogP contribution is -2.41. The summed E-state index contributed by atoms with van der Waals surface area (Å²) >= 11 is 0. The number of aromatic nitrogens is 3. The molecule has 0 saturated carbocycles. The first-order chi connectivity index (χ1) is 9.86. The summed E-state index contributed by atoms with van der Waals surface area (Å²) in [6.45, 7) is 0.393. The van der Waals surface area contributed by atoms with E-state index in [-0.39, 0.29) is 44.3 Å². The summed E-state index contributed by atoms with van der Waals surface area (Å²) < 4.78 is 44.1. The molecule has 1 aromatic heterocycles. The minimum atomic E-state index is -4.54. The summed E-state index contributed by atoms with van der Waals surface area (Å²) in [5, 5.41) is 6.68. The van der Waals surface area contributed by atoms with Crippen LogP contribution < -0.4 is 5.73 Å². The van der Waals surface area contributed by atoms with Crippen molar-refractivity contribution >= 4 is 5.91 Å². The van der Waals surface area contributed by atoms with Crippen LogP contribution in [0, 0.1) is 0 Å². The van der Waals surface area contributed by atoms with Gasteiger partial charge in [-0.1, -0.05) is 0 Å². The number of nitrogens with two attached hydrogens (primary N) is 1. The van der Waals surface area contributed by atoms with Crippen molar-refractivity contribution in [1.82, 2.24) is 19.7 Å². The molecule has 2 rings (SSSR count). The highest BCUT2D eigenvalue weighted by atomic mass is 19.4. The van der Waals surface area contributed by atoms with Gasteiger partial charge in [0.05, 0.1) is 19.1 Å². The van der Waals surface area contributed by atoms with Crippen LogP contribution in [0.4, 0.5) is 13.2 Å². The molecule has 0 aromatic carbocycles. The molecule has 1 atom stereocenters. The van der Waals surface area contributed by atoms with Crippen LogP contribution in [0.3, 0.4) is 0 Å². The van der Waals surface area contributed by atoms with E-state index < -0.39 is 18.1 Å². The van der Waals surface area contributed by atoms with Crippen LogP contribution >= 0.6 is 0 Å². The maximum atomic E-state index is 12.7. The standard InChI is InChI=1S/C11H16F3N5O2/c1-21-7(5-15)4-9(20)18-2-3-19-8(6-18)16-17-10(19)11(12,13)14/h7H,2-6,15H2,1H3. The van der Waals surface area contributed by atoms with E-state index in [1.54, 1.807) is 0 Å². The van der Waals surface area contributed by atoms with Crippen molar-refractivity contribution in [2.75, 3.05) is 20.2 Å². The van der Waals surface area contributed by atoms with Gasteiger partial charge in [0.25, 0.3) is 0 Å². The van der Waals surface area contributed by atoms with Crippen molar-refractivity contribution < 1.29 is 22.7 Å². The van der Waals surface area contributed by atoms with E-state index >= 15 is 0 Å². The van der Waals surface area contributed by atoms with E-state index in [0.717, 1.165) is 4.57 Å². The lowest BCUT2D eigenvalue weighted by atomic mass is 10.2. The maximum Gasteiger partial charge on any atom is 0.451 e. The molecular formula is C11H16F3N5O2. The topological polar surface area (TPSA) is 86.3 Å². The van der Waals surface area contributed by atoms with Gasteiger partial charge < -0.3 is 19.9 Å². The van der Waals surface area contributed by atoms with Gasteiger partial charge in [0, 0.05) is 26.7 Å². The summed E-state index contributed by atoms with van der Waals surface area (Å²) in [5.41, 5.74) is 5.44. The number of methoxy groups -OCH3 is 1. The van der Waals surface area contributed by atoms with E-state index in [1.165, 1.54) is 12.0 Å².